The molecule has 0 spiro atoms. The summed E-state index contributed by atoms with van der Waals surface area (Å²) in [5.41, 5.74) is 7.56. The van der Waals surface area contributed by atoms with Crippen molar-refractivity contribution in [2.24, 2.45) is 0 Å². The lowest BCUT2D eigenvalue weighted by atomic mass is 9.82. The topological polar surface area (TPSA) is 7.94 Å². The fraction of sp³-hybridized carbons (Fsp3) is 0.163. The number of hydrogen-bond donors (Lipinski definition) is 0. The molecular weight excluding hydrogens is 665 g/mol. The highest BCUT2D eigenvalue weighted by molar-refractivity contribution is 6.59. The van der Waals surface area contributed by atoms with Crippen molar-refractivity contribution in [3.63, 3.8) is 0 Å². The Morgan fingerprint density at radius 1 is 0.500 bits per heavy atom. The summed E-state index contributed by atoms with van der Waals surface area (Å²) in [4.78, 5) is 0. The Hall–Kier alpha value is -5.81. The van der Waals surface area contributed by atoms with Gasteiger partial charge in [0, 0.05) is 29.1 Å². The summed E-state index contributed by atoms with van der Waals surface area (Å²) in [5, 5.41) is 9.43. The van der Waals surface area contributed by atoms with Gasteiger partial charge < -0.3 is 17.6 Å². The van der Waals surface area contributed by atoms with Gasteiger partial charge in [0.2, 0.25) is 0 Å². The molecule has 0 N–H and O–H groups in total. The van der Waals surface area contributed by atoms with Gasteiger partial charge >= 0.3 is 6.97 Å². The molecule has 0 atom stereocenters. The minimum atomic E-state index is -4.31. The molecule has 264 valence electrons. The van der Waals surface area contributed by atoms with Gasteiger partial charge in [0.05, 0.1) is 5.57 Å². The average Bonchev–Trinajstić information content (AvgIpc) is 3.81. The Bertz CT molecular complexity index is 2900. The molecule has 3 heterocycles. The highest BCUT2D eigenvalue weighted by Crippen LogP contribution is 2.48. The van der Waals surface area contributed by atoms with Gasteiger partial charge in [0.25, 0.3) is 0 Å². The molecule has 0 unspecified atom stereocenters. The van der Waals surface area contributed by atoms with E-state index < -0.39 is 6.97 Å². The second kappa shape index (κ2) is 11.1. The monoisotopic (exact) mass is 706 g/mol. The lowest BCUT2D eigenvalue weighted by molar-refractivity contribution is -0.360. The zero-order valence-corrected chi connectivity index (χ0v) is 31.5. The van der Waals surface area contributed by atoms with Gasteiger partial charge in [-0.2, -0.15) is 0 Å². The van der Waals surface area contributed by atoms with Crippen LogP contribution in [0, 0.1) is 0 Å². The second-order valence-corrected chi connectivity index (χ2v) is 17.2. The number of aromatic nitrogens is 1. The molecule has 0 fully saturated rings. The van der Waals surface area contributed by atoms with E-state index in [1.807, 2.05) is 48.6 Å². The number of halogens is 2. The van der Waals surface area contributed by atoms with Crippen LogP contribution in [0.1, 0.15) is 69.5 Å². The molecule has 8 aromatic rings. The van der Waals surface area contributed by atoms with E-state index in [0.717, 1.165) is 44.2 Å². The summed E-state index contributed by atoms with van der Waals surface area (Å²) in [5.74, 6) is 0. The number of nitrogens with zero attached hydrogens (tertiary/aromatic N) is 2. The van der Waals surface area contributed by atoms with E-state index in [-0.39, 0.29) is 10.8 Å². The molecule has 10 rings (SSSR count). The van der Waals surface area contributed by atoms with Crippen LogP contribution in [0.15, 0.2) is 145 Å². The summed E-state index contributed by atoms with van der Waals surface area (Å²) < 4.78 is 38.2. The zero-order chi connectivity index (χ0) is 37.3. The van der Waals surface area contributed by atoms with Crippen molar-refractivity contribution in [2.75, 3.05) is 0 Å². The third-order valence-electron chi connectivity index (χ3n) is 11.9. The third-order valence-corrected chi connectivity index (χ3v) is 11.9. The Morgan fingerprint density at radius 2 is 1.02 bits per heavy atom. The highest BCUT2D eigenvalue weighted by atomic mass is 19.2. The van der Waals surface area contributed by atoms with Gasteiger partial charge in [-0.3, -0.25) is 0 Å². The third kappa shape index (κ3) is 4.60. The highest BCUT2D eigenvalue weighted by Gasteiger charge is 2.55. The molecule has 0 bridgehead atoms. The number of rotatable bonds is 3. The number of hydrogen-bond acceptors (Lipinski definition) is 0. The number of fused-ring (bicyclic) bond motifs is 4. The fourth-order valence-corrected chi connectivity index (χ4v) is 9.11. The summed E-state index contributed by atoms with van der Waals surface area (Å²) in [6, 6.07) is 43.9. The Balaban J connectivity index is 1.28. The predicted molar refractivity (Wildman–Crippen MR) is 224 cm³/mol. The van der Waals surface area contributed by atoms with Crippen molar-refractivity contribution in [2.45, 2.75) is 52.4 Å². The van der Waals surface area contributed by atoms with Crippen LogP contribution < -0.4 is 0 Å². The van der Waals surface area contributed by atoms with Crippen LogP contribution in [-0.4, -0.2) is 21.6 Å². The van der Waals surface area contributed by atoms with Gasteiger partial charge in [0.15, 0.2) is 11.4 Å². The minimum Gasteiger partial charge on any atom is -0.389 e. The van der Waals surface area contributed by atoms with Crippen molar-refractivity contribution < 1.29 is 13.1 Å². The molecule has 2 aliphatic heterocycles. The first-order chi connectivity index (χ1) is 25.8. The smallest absolute Gasteiger partial charge is 0.389 e. The maximum Gasteiger partial charge on any atom is 0.737 e. The average molecular weight is 707 g/mol. The van der Waals surface area contributed by atoms with Gasteiger partial charge in [-0.1, -0.05) is 145 Å². The summed E-state index contributed by atoms with van der Waals surface area (Å²) >= 11 is 0. The van der Waals surface area contributed by atoms with Crippen molar-refractivity contribution in [1.29, 1.82) is 0 Å². The first kappa shape index (κ1) is 32.8. The molecule has 7 aromatic carbocycles. The molecule has 2 nitrogen and oxygen atoms in total. The Morgan fingerprint density at radius 3 is 1.63 bits per heavy atom. The van der Waals surface area contributed by atoms with Crippen molar-refractivity contribution >= 4 is 61.3 Å². The molecular formula is C49H41BF2N2. The molecule has 0 saturated heterocycles. The quantitative estimate of drug-likeness (QED) is 0.0982. The van der Waals surface area contributed by atoms with Crippen molar-refractivity contribution in [1.82, 2.24) is 4.48 Å². The molecule has 0 amide bonds. The van der Waals surface area contributed by atoms with Gasteiger partial charge in [-0.25, -0.2) is 0 Å². The molecule has 0 saturated carbocycles. The minimum absolute atomic E-state index is 0.0515. The largest absolute Gasteiger partial charge is 0.737 e. The number of allylic oxidation sites excluding steroid dienone is 2. The van der Waals surface area contributed by atoms with E-state index in [0.29, 0.717) is 22.8 Å². The first-order valence-electron chi connectivity index (χ1n) is 19.0. The van der Waals surface area contributed by atoms with E-state index in [1.54, 1.807) is 0 Å². The van der Waals surface area contributed by atoms with Crippen LogP contribution in [0.2, 0.25) is 0 Å². The normalized spacial score (nSPS) is 15.7. The summed E-state index contributed by atoms with van der Waals surface area (Å²) in [7, 11) is 0. The van der Waals surface area contributed by atoms with Crippen LogP contribution in [-0.2, 0) is 10.8 Å². The van der Waals surface area contributed by atoms with Gasteiger partial charge in [0.1, 0.15) is 0 Å². The number of benzene rings is 7. The standard InChI is InChI=1S/C49H41BF2N2/c1-48(2,3)33-20-16-30(17-21-33)41-26-28-43-47(44-29-27-42(54(44)50(51,52)53(41)43)31-18-22-34(23-19-31)49(4,5)6)40-25-24-39-36-13-8-11-32-10-7-12-35(45(32)36)37-14-9-15-38(40)46(37)39/h7-29H,1-6H3. The summed E-state index contributed by atoms with van der Waals surface area (Å²) in [6.45, 7) is 8.70. The van der Waals surface area contributed by atoms with Crippen LogP contribution in [0.4, 0.5) is 8.63 Å². The lowest BCUT2D eigenvalue weighted by Gasteiger charge is -2.34. The maximum absolute atomic E-state index is 17.7. The molecule has 54 heavy (non-hydrogen) atoms. The molecule has 5 heteroatoms. The van der Waals surface area contributed by atoms with Crippen molar-refractivity contribution in [3.05, 3.63) is 173 Å². The van der Waals surface area contributed by atoms with E-state index in [2.05, 4.69) is 133 Å². The maximum atomic E-state index is 17.7. The van der Waals surface area contributed by atoms with Gasteiger partial charge in [-0.05, 0) is 100 Å². The van der Waals surface area contributed by atoms with Crippen LogP contribution in [0.25, 0.3) is 59.9 Å². The molecule has 0 aliphatic carbocycles. The predicted octanol–water partition coefficient (Wildman–Crippen LogP) is 12.9. The Labute approximate surface area is 314 Å². The lowest BCUT2D eigenvalue weighted by Crippen LogP contribution is -2.51. The summed E-state index contributed by atoms with van der Waals surface area (Å²) in [6.07, 6.45) is 3.78. The second-order valence-electron chi connectivity index (χ2n) is 17.2. The molecule has 2 aliphatic rings. The molecule has 1 aromatic heterocycles. The molecule has 0 radical (unpaired) electrons. The van der Waals surface area contributed by atoms with Crippen LogP contribution >= 0.6 is 0 Å². The van der Waals surface area contributed by atoms with Gasteiger partial charge in [-0.15, -0.1) is 0 Å². The fourth-order valence-electron chi connectivity index (χ4n) is 9.11. The van der Waals surface area contributed by atoms with Crippen molar-refractivity contribution in [3.8, 4) is 11.3 Å². The van der Waals surface area contributed by atoms with E-state index in [9.17, 15) is 0 Å². The Kier molecular flexibility index (Phi) is 6.75. The van der Waals surface area contributed by atoms with E-state index in [1.165, 1.54) is 41.3 Å². The van der Waals surface area contributed by atoms with Crippen LogP contribution in [0.5, 0.6) is 0 Å². The van der Waals surface area contributed by atoms with Crippen LogP contribution in [0.3, 0.4) is 0 Å². The first-order valence-corrected chi connectivity index (χ1v) is 19.0. The SMILES string of the molecule is CC(C)(C)c1ccc(C2=[N+]3C(=C(c4ccc5c6cccc7cccc(c8cccc4c85)c76)c4ccc(-c5ccc(C(C)(C)C)cc5)n4[B-]3(F)F)C=C2)cc1. The zero-order valence-electron chi connectivity index (χ0n) is 31.5. The van der Waals surface area contributed by atoms with E-state index >= 15 is 8.63 Å². The van der Waals surface area contributed by atoms with E-state index in [4.69, 9.17) is 0 Å².